The van der Waals surface area contributed by atoms with Gasteiger partial charge in [-0.3, -0.25) is 9.69 Å². The third-order valence-corrected chi connectivity index (χ3v) is 5.06. The van der Waals surface area contributed by atoms with Crippen LogP contribution in [0, 0.1) is 11.3 Å². The molecule has 0 aromatic heterocycles. The van der Waals surface area contributed by atoms with Crippen molar-refractivity contribution in [2.45, 2.75) is 78.7 Å². The molecule has 0 aromatic rings. The molecule has 0 spiro atoms. The zero-order valence-corrected chi connectivity index (χ0v) is 13.8. The van der Waals surface area contributed by atoms with Gasteiger partial charge in [-0.2, -0.15) is 0 Å². The summed E-state index contributed by atoms with van der Waals surface area (Å²) in [6.07, 6.45) is 7.38. The van der Waals surface area contributed by atoms with Crippen LogP contribution in [0.3, 0.4) is 0 Å². The smallest absolute Gasteiger partial charge is 0.310 e. The lowest BCUT2D eigenvalue weighted by Crippen LogP contribution is -2.48. The van der Waals surface area contributed by atoms with Crippen molar-refractivity contribution < 1.29 is 9.90 Å². The molecule has 1 aliphatic carbocycles. The monoisotopic (exact) mass is 283 g/mol. The van der Waals surface area contributed by atoms with Crippen LogP contribution < -0.4 is 0 Å². The van der Waals surface area contributed by atoms with E-state index in [1.807, 2.05) is 0 Å². The first-order valence-corrected chi connectivity index (χ1v) is 8.42. The maximum atomic E-state index is 11.9. The topological polar surface area (TPSA) is 40.5 Å². The van der Waals surface area contributed by atoms with Crippen molar-refractivity contribution in [3.63, 3.8) is 0 Å². The van der Waals surface area contributed by atoms with Crippen LogP contribution in [0.4, 0.5) is 0 Å². The van der Waals surface area contributed by atoms with E-state index in [9.17, 15) is 9.90 Å². The molecule has 0 radical (unpaired) electrons. The summed E-state index contributed by atoms with van der Waals surface area (Å²) < 4.78 is 0. The van der Waals surface area contributed by atoms with Crippen molar-refractivity contribution in [3.8, 4) is 0 Å². The van der Waals surface area contributed by atoms with Gasteiger partial charge < -0.3 is 5.11 Å². The minimum absolute atomic E-state index is 0.481. The van der Waals surface area contributed by atoms with Gasteiger partial charge in [0.25, 0.3) is 0 Å². The van der Waals surface area contributed by atoms with Gasteiger partial charge in [0, 0.05) is 12.6 Å². The quantitative estimate of drug-likeness (QED) is 0.727. The van der Waals surface area contributed by atoms with E-state index in [1.165, 1.54) is 12.8 Å². The zero-order chi connectivity index (χ0) is 15.2. The predicted octanol–water partition coefficient (Wildman–Crippen LogP) is 4.17. The van der Waals surface area contributed by atoms with Gasteiger partial charge in [-0.05, 0) is 45.1 Å². The van der Waals surface area contributed by atoms with Crippen molar-refractivity contribution >= 4 is 5.97 Å². The van der Waals surface area contributed by atoms with Gasteiger partial charge in [0.05, 0.1) is 5.41 Å². The highest BCUT2D eigenvalue weighted by Gasteiger charge is 2.43. The molecule has 3 atom stereocenters. The van der Waals surface area contributed by atoms with E-state index in [2.05, 4.69) is 32.6 Å². The predicted molar refractivity (Wildman–Crippen MR) is 83.9 cm³/mol. The minimum atomic E-state index is -0.575. The summed E-state index contributed by atoms with van der Waals surface area (Å²) in [5.74, 6) is -0.0290. The van der Waals surface area contributed by atoms with Crippen molar-refractivity contribution in [1.82, 2.24) is 4.90 Å². The summed E-state index contributed by atoms with van der Waals surface area (Å²) in [7, 11) is 0. The molecule has 0 aromatic carbocycles. The number of aliphatic carboxylic acids is 1. The zero-order valence-electron chi connectivity index (χ0n) is 13.8. The van der Waals surface area contributed by atoms with E-state index in [-0.39, 0.29) is 0 Å². The van der Waals surface area contributed by atoms with Crippen LogP contribution in [-0.4, -0.2) is 35.1 Å². The second-order valence-electron chi connectivity index (χ2n) is 6.87. The Bertz CT molecular complexity index is 305. The Morgan fingerprint density at radius 3 is 2.65 bits per heavy atom. The molecule has 0 heterocycles. The van der Waals surface area contributed by atoms with Gasteiger partial charge in [0.15, 0.2) is 0 Å². The Morgan fingerprint density at radius 2 is 2.15 bits per heavy atom. The summed E-state index contributed by atoms with van der Waals surface area (Å²) in [6.45, 7) is 10.6. The third kappa shape index (κ3) is 4.47. The highest BCUT2D eigenvalue weighted by molar-refractivity contribution is 5.75. The Kier molecular flexibility index (Phi) is 7.01. The fourth-order valence-corrected chi connectivity index (χ4v) is 3.53. The number of hydrogen-bond donors (Lipinski definition) is 1. The molecule has 20 heavy (non-hydrogen) atoms. The second-order valence-corrected chi connectivity index (χ2v) is 6.87. The summed E-state index contributed by atoms with van der Waals surface area (Å²) in [5.41, 5.74) is -0.505. The van der Waals surface area contributed by atoms with Crippen LogP contribution >= 0.6 is 0 Å². The van der Waals surface area contributed by atoms with Gasteiger partial charge in [-0.25, -0.2) is 0 Å². The summed E-state index contributed by atoms with van der Waals surface area (Å²) in [4.78, 5) is 14.3. The van der Waals surface area contributed by atoms with E-state index >= 15 is 0 Å². The van der Waals surface area contributed by atoms with E-state index in [4.69, 9.17) is 0 Å². The van der Waals surface area contributed by atoms with Gasteiger partial charge in [-0.1, -0.05) is 40.0 Å². The number of carboxylic acids is 1. The molecule has 1 saturated carbocycles. The standard InChI is InChI=1S/C17H33NO2/c1-5-7-11-18(15(4)6-2)13-17(16(19)20)10-8-9-14(3)12-17/h14-15H,5-13H2,1-4H3,(H,19,20). The molecule has 0 amide bonds. The number of hydrogen-bond acceptors (Lipinski definition) is 2. The second kappa shape index (κ2) is 8.02. The van der Waals surface area contributed by atoms with Crippen molar-refractivity contribution in [2.75, 3.05) is 13.1 Å². The fourth-order valence-electron chi connectivity index (χ4n) is 3.53. The lowest BCUT2D eigenvalue weighted by molar-refractivity contribution is -0.154. The van der Waals surface area contributed by atoms with Crippen LogP contribution in [0.25, 0.3) is 0 Å². The molecule has 1 N–H and O–H groups in total. The van der Waals surface area contributed by atoms with Crippen molar-refractivity contribution in [3.05, 3.63) is 0 Å². The molecular formula is C17H33NO2. The molecule has 0 bridgehead atoms. The number of unbranched alkanes of at least 4 members (excludes halogenated alkanes) is 1. The maximum Gasteiger partial charge on any atom is 0.310 e. The molecule has 1 aliphatic rings. The Labute approximate surface area is 124 Å². The minimum Gasteiger partial charge on any atom is -0.481 e. The normalized spacial score (nSPS) is 28.6. The summed E-state index contributed by atoms with van der Waals surface area (Å²) in [6, 6.07) is 0.481. The molecule has 1 rings (SSSR count). The molecule has 0 saturated heterocycles. The van der Waals surface area contributed by atoms with Crippen LogP contribution in [-0.2, 0) is 4.79 Å². The highest BCUT2D eigenvalue weighted by atomic mass is 16.4. The maximum absolute atomic E-state index is 11.9. The number of nitrogens with zero attached hydrogens (tertiary/aromatic N) is 1. The first kappa shape index (κ1) is 17.5. The molecule has 3 heteroatoms. The molecule has 3 unspecified atom stereocenters. The average Bonchev–Trinajstić information content (AvgIpc) is 2.42. The van der Waals surface area contributed by atoms with Crippen LogP contribution in [0.5, 0.6) is 0 Å². The SMILES string of the molecule is CCCCN(CC1(C(=O)O)CCCC(C)C1)C(C)CC. The van der Waals surface area contributed by atoms with Crippen molar-refractivity contribution in [2.24, 2.45) is 11.3 Å². The summed E-state index contributed by atoms with van der Waals surface area (Å²) >= 11 is 0. The van der Waals surface area contributed by atoms with E-state index in [1.54, 1.807) is 0 Å². The van der Waals surface area contributed by atoms with E-state index < -0.39 is 11.4 Å². The number of carboxylic acid groups (broad SMARTS) is 1. The van der Waals surface area contributed by atoms with Gasteiger partial charge in [0.1, 0.15) is 0 Å². The molecular weight excluding hydrogens is 250 g/mol. The van der Waals surface area contributed by atoms with Gasteiger partial charge in [0.2, 0.25) is 0 Å². The third-order valence-electron chi connectivity index (χ3n) is 5.06. The van der Waals surface area contributed by atoms with Gasteiger partial charge in [-0.15, -0.1) is 0 Å². The van der Waals surface area contributed by atoms with E-state index in [0.29, 0.717) is 12.0 Å². The molecule has 1 fully saturated rings. The van der Waals surface area contributed by atoms with Crippen LogP contribution in [0.1, 0.15) is 72.6 Å². The average molecular weight is 283 g/mol. The van der Waals surface area contributed by atoms with Crippen molar-refractivity contribution in [1.29, 1.82) is 0 Å². The molecule has 0 aliphatic heterocycles. The summed E-state index contributed by atoms with van der Waals surface area (Å²) in [5, 5.41) is 9.81. The lowest BCUT2D eigenvalue weighted by atomic mass is 9.69. The first-order chi connectivity index (χ1) is 9.45. The molecule has 118 valence electrons. The van der Waals surface area contributed by atoms with E-state index in [0.717, 1.165) is 45.2 Å². The first-order valence-electron chi connectivity index (χ1n) is 8.42. The lowest BCUT2D eigenvalue weighted by Gasteiger charge is -2.42. The van der Waals surface area contributed by atoms with Crippen LogP contribution in [0.2, 0.25) is 0 Å². The Morgan fingerprint density at radius 1 is 1.45 bits per heavy atom. The largest absolute Gasteiger partial charge is 0.481 e. The Balaban J connectivity index is 2.81. The molecule has 3 nitrogen and oxygen atoms in total. The number of rotatable bonds is 8. The van der Waals surface area contributed by atoms with Crippen LogP contribution in [0.15, 0.2) is 0 Å². The fraction of sp³-hybridized carbons (Fsp3) is 0.941. The Hall–Kier alpha value is -0.570. The number of carbonyl (C=O) groups is 1. The van der Waals surface area contributed by atoms with Gasteiger partial charge >= 0.3 is 5.97 Å². The highest BCUT2D eigenvalue weighted by Crippen LogP contribution is 2.40.